The molecule has 0 atom stereocenters. The first-order chi connectivity index (χ1) is 10.2. The van der Waals surface area contributed by atoms with Crippen LogP contribution in [0.3, 0.4) is 0 Å². The minimum Gasteiger partial charge on any atom is -0.477 e. The van der Waals surface area contributed by atoms with Crippen molar-refractivity contribution < 1.29 is 9.90 Å². The highest BCUT2D eigenvalue weighted by atomic mass is 16.4. The molecule has 1 N–H and O–H groups in total. The van der Waals surface area contributed by atoms with Crippen LogP contribution in [0, 0.1) is 0 Å². The summed E-state index contributed by atoms with van der Waals surface area (Å²) >= 11 is 0. The summed E-state index contributed by atoms with van der Waals surface area (Å²) in [4.78, 5) is 15.7. The van der Waals surface area contributed by atoms with Crippen LogP contribution >= 0.6 is 0 Å². The second kappa shape index (κ2) is 5.40. The van der Waals surface area contributed by atoms with E-state index in [-0.39, 0.29) is 0 Å². The van der Waals surface area contributed by atoms with E-state index in [1.807, 2.05) is 47.9 Å². The minimum atomic E-state index is -0.895. The largest absolute Gasteiger partial charge is 0.477 e. The summed E-state index contributed by atoms with van der Waals surface area (Å²) in [7, 11) is 0. The standard InChI is InChI=1S/C17H16N2O2/c1-2-11-19-15(8-9-16(19)17(20)21)13-5-3-7-14-12(13)6-4-10-18-14/h3-10H,2,11H2,1H3,(H,20,21). The maximum atomic E-state index is 11.4. The summed E-state index contributed by atoms with van der Waals surface area (Å²) in [6, 6.07) is 13.4. The Balaban J connectivity index is 2.26. The van der Waals surface area contributed by atoms with Crippen LogP contribution in [0.1, 0.15) is 23.8 Å². The Morgan fingerprint density at radius 1 is 1.19 bits per heavy atom. The van der Waals surface area contributed by atoms with Gasteiger partial charge in [0.25, 0.3) is 0 Å². The normalized spacial score (nSPS) is 10.9. The molecule has 0 fully saturated rings. The Morgan fingerprint density at radius 3 is 2.81 bits per heavy atom. The molecule has 0 aliphatic heterocycles. The quantitative estimate of drug-likeness (QED) is 0.790. The van der Waals surface area contributed by atoms with Gasteiger partial charge in [0, 0.05) is 29.4 Å². The smallest absolute Gasteiger partial charge is 0.352 e. The molecule has 21 heavy (non-hydrogen) atoms. The maximum absolute atomic E-state index is 11.4. The second-order valence-corrected chi connectivity index (χ2v) is 4.94. The Kier molecular flexibility index (Phi) is 3.44. The summed E-state index contributed by atoms with van der Waals surface area (Å²) in [5, 5.41) is 10.4. The van der Waals surface area contributed by atoms with Gasteiger partial charge >= 0.3 is 5.97 Å². The third kappa shape index (κ3) is 2.29. The van der Waals surface area contributed by atoms with Crippen molar-refractivity contribution in [1.82, 2.24) is 9.55 Å². The van der Waals surface area contributed by atoms with E-state index in [4.69, 9.17) is 0 Å². The van der Waals surface area contributed by atoms with Crippen molar-refractivity contribution in [3.63, 3.8) is 0 Å². The molecule has 4 heteroatoms. The lowest BCUT2D eigenvalue weighted by Crippen LogP contribution is -2.09. The monoisotopic (exact) mass is 280 g/mol. The predicted molar refractivity (Wildman–Crippen MR) is 82.4 cm³/mol. The van der Waals surface area contributed by atoms with Gasteiger partial charge in [-0.1, -0.05) is 25.1 Å². The van der Waals surface area contributed by atoms with Crippen LogP contribution in [0.4, 0.5) is 0 Å². The Morgan fingerprint density at radius 2 is 2.05 bits per heavy atom. The fourth-order valence-electron chi connectivity index (χ4n) is 2.68. The zero-order valence-corrected chi connectivity index (χ0v) is 11.8. The molecule has 4 nitrogen and oxygen atoms in total. The lowest BCUT2D eigenvalue weighted by molar-refractivity contribution is 0.0685. The number of aromatic carboxylic acids is 1. The van der Waals surface area contributed by atoms with Crippen molar-refractivity contribution in [1.29, 1.82) is 0 Å². The van der Waals surface area contributed by atoms with Crippen molar-refractivity contribution >= 4 is 16.9 Å². The van der Waals surface area contributed by atoms with Gasteiger partial charge in [-0.25, -0.2) is 4.79 Å². The van der Waals surface area contributed by atoms with Gasteiger partial charge in [-0.3, -0.25) is 4.98 Å². The van der Waals surface area contributed by atoms with E-state index >= 15 is 0 Å². The Hall–Kier alpha value is -2.62. The average Bonchev–Trinajstić information content (AvgIpc) is 2.91. The molecule has 0 spiro atoms. The highest BCUT2D eigenvalue weighted by molar-refractivity contribution is 5.95. The number of hydrogen-bond donors (Lipinski definition) is 1. The number of benzene rings is 1. The van der Waals surface area contributed by atoms with Gasteiger partial charge in [-0.2, -0.15) is 0 Å². The van der Waals surface area contributed by atoms with Crippen molar-refractivity contribution in [2.45, 2.75) is 19.9 Å². The molecular formula is C17H16N2O2. The predicted octanol–water partition coefficient (Wildman–Crippen LogP) is 3.81. The molecule has 3 rings (SSSR count). The number of hydrogen-bond acceptors (Lipinski definition) is 2. The molecule has 0 radical (unpaired) electrons. The number of fused-ring (bicyclic) bond motifs is 1. The van der Waals surface area contributed by atoms with Crippen LogP contribution in [0.5, 0.6) is 0 Å². The fraction of sp³-hybridized carbons (Fsp3) is 0.176. The number of rotatable bonds is 4. The zero-order valence-electron chi connectivity index (χ0n) is 11.8. The van der Waals surface area contributed by atoms with Gasteiger partial charge in [0.1, 0.15) is 5.69 Å². The summed E-state index contributed by atoms with van der Waals surface area (Å²) in [5.74, 6) is -0.895. The number of pyridine rings is 1. The van der Waals surface area contributed by atoms with Crippen molar-refractivity contribution in [2.24, 2.45) is 0 Å². The third-order valence-electron chi connectivity index (χ3n) is 3.57. The molecule has 1 aromatic carbocycles. The molecule has 0 bridgehead atoms. The van der Waals surface area contributed by atoms with E-state index in [0.717, 1.165) is 28.6 Å². The molecule has 0 aliphatic rings. The first-order valence-corrected chi connectivity index (χ1v) is 6.99. The van der Waals surface area contributed by atoms with Crippen LogP contribution in [0.2, 0.25) is 0 Å². The third-order valence-corrected chi connectivity index (χ3v) is 3.57. The SMILES string of the molecule is CCCn1c(C(=O)O)ccc1-c1cccc2ncccc12. The number of carbonyl (C=O) groups is 1. The van der Waals surface area contributed by atoms with E-state index < -0.39 is 5.97 Å². The molecule has 0 amide bonds. The molecule has 3 aromatic rings. The van der Waals surface area contributed by atoms with Gasteiger partial charge in [-0.15, -0.1) is 0 Å². The lowest BCUT2D eigenvalue weighted by Gasteiger charge is -2.12. The van der Waals surface area contributed by atoms with E-state index in [1.165, 1.54) is 0 Å². The van der Waals surface area contributed by atoms with Gasteiger partial charge in [0.15, 0.2) is 0 Å². The maximum Gasteiger partial charge on any atom is 0.352 e. The van der Waals surface area contributed by atoms with E-state index in [0.29, 0.717) is 12.2 Å². The van der Waals surface area contributed by atoms with E-state index in [1.54, 1.807) is 12.3 Å². The lowest BCUT2D eigenvalue weighted by atomic mass is 10.1. The average molecular weight is 280 g/mol. The Bertz CT molecular complexity index is 800. The van der Waals surface area contributed by atoms with Crippen molar-refractivity contribution in [2.75, 3.05) is 0 Å². The summed E-state index contributed by atoms with van der Waals surface area (Å²) in [6.07, 6.45) is 2.64. The van der Waals surface area contributed by atoms with Gasteiger partial charge < -0.3 is 9.67 Å². The van der Waals surface area contributed by atoms with Gasteiger partial charge in [0.05, 0.1) is 5.52 Å². The van der Waals surface area contributed by atoms with Crippen molar-refractivity contribution in [3.8, 4) is 11.3 Å². The minimum absolute atomic E-state index is 0.327. The van der Waals surface area contributed by atoms with Crippen LogP contribution < -0.4 is 0 Å². The van der Waals surface area contributed by atoms with E-state index in [9.17, 15) is 9.90 Å². The molecule has 0 unspecified atom stereocenters. The molecule has 0 aliphatic carbocycles. The fourth-order valence-corrected chi connectivity index (χ4v) is 2.68. The number of nitrogens with zero attached hydrogens (tertiary/aromatic N) is 2. The van der Waals surface area contributed by atoms with Crippen molar-refractivity contribution in [3.05, 3.63) is 54.4 Å². The van der Waals surface area contributed by atoms with Crippen LogP contribution in [-0.2, 0) is 6.54 Å². The number of carboxylic acids is 1. The summed E-state index contributed by atoms with van der Waals surface area (Å²) in [5.41, 5.74) is 3.18. The topological polar surface area (TPSA) is 55.1 Å². The molecule has 106 valence electrons. The summed E-state index contributed by atoms with van der Waals surface area (Å²) < 4.78 is 1.87. The molecule has 0 saturated carbocycles. The molecular weight excluding hydrogens is 264 g/mol. The zero-order chi connectivity index (χ0) is 14.8. The van der Waals surface area contributed by atoms with Gasteiger partial charge in [0.2, 0.25) is 0 Å². The second-order valence-electron chi connectivity index (χ2n) is 4.94. The molecule has 2 heterocycles. The highest BCUT2D eigenvalue weighted by Crippen LogP contribution is 2.29. The Labute approximate surface area is 122 Å². The molecule has 0 saturated heterocycles. The van der Waals surface area contributed by atoms with Gasteiger partial charge in [-0.05, 0) is 30.7 Å². The van der Waals surface area contributed by atoms with Crippen LogP contribution in [0.25, 0.3) is 22.2 Å². The first-order valence-electron chi connectivity index (χ1n) is 6.99. The van der Waals surface area contributed by atoms with Crippen LogP contribution in [-0.4, -0.2) is 20.6 Å². The summed E-state index contributed by atoms with van der Waals surface area (Å²) in [6.45, 7) is 2.72. The molecule has 2 aromatic heterocycles. The van der Waals surface area contributed by atoms with E-state index in [2.05, 4.69) is 4.98 Å². The highest BCUT2D eigenvalue weighted by Gasteiger charge is 2.16. The first kappa shape index (κ1) is 13.4. The van der Waals surface area contributed by atoms with Crippen LogP contribution in [0.15, 0.2) is 48.7 Å². The number of aromatic nitrogens is 2. The number of carboxylic acid groups (broad SMARTS) is 1.